The maximum absolute atomic E-state index is 9.55. The standard InChI is InChI=1S/C23H26N2O2/c26-16-20-15-23(25(24-20)21-9-5-2-6-10-21)19-11-13-22(14-12-19)27-17-18-7-3-1-4-8-18/h1,3-4,7-8,11-15,21,26H,2,5-6,9-10,16-17H2. The van der Waals surface area contributed by atoms with Crippen LogP contribution in [-0.2, 0) is 13.2 Å². The molecule has 0 amide bonds. The summed E-state index contributed by atoms with van der Waals surface area (Å²) in [5.41, 5.74) is 4.09. The summed E-state index contributed by atoms with van der Waals surface area (Å²) in [5.74, 6) is 0.855. The minimum absolute atomic E-state index is 0.0228. The summed E-state index contributed by atoms with van der Waals surface area (Å²) in [7, 11) is 0. The van der Waals surface area contributed by atoms with Crippen LogP contribution in [0.3, 0.4) is 0 Å². The third-order valence-electron chi connectivity index (χ3n) is 5.27. The highest BCUT2D eigenvalue weighted by Crippen LogP contribution is 2.33. The van der Waals surface area contributed by atoms with Crippen LogP contribution in [0.5, 0.6) is 5.75 Å². The number of ether oxygens (including phenoxy) is 1. The number of hydrogen-bond acceptors (Lipinski definition) is 3. The summed E-state index contributed by atoms with van der Waals surface area (Å²) >= 11 is 0. The molecule has 0 atom stereocenters. The molecular formula is C23H26N2O2. The molecule has 0 saturated heterocycles. The van der Waals surface area contributed by atoms with Crippen LogP contribution in [0.1, 0.15) is 49.4 Å². The molecule has 1 aliphatic rings. The molecule has 0 bridgehead atoms. The average molecular weight is 362 g/mol. The molecule has 1 saturated carbocycles. The molecule has 1 heterocycles. The quantitative estimate of drug-likeness (QED) is 0.661. The topological polar surface area (TPSA) is 47.3 Å². The van der Waals surface area contributed by atoms with E-state index in [9.17, 15) is 5.11 Å². The first-order valence-electron chi connectivity index (χ1n) is 9.80. The van der Waals surface area contributed by atoms with Gasteiger partial charge in [-0.15, -0.1) is 0 Å². The van der Waals surface area contributed by atoms with Gasteiger partial charge in [-0.1, -0.05) is 49.6 Å². The summed E-state index contributed by atoms with van der Waals surface area (Å²) in [6, 6.07) is 20.8. The van der Waals surface area contributed by atoms with Gasteiger partial charge in [0.25, 0.3) is 0 Å². The summed E-state index contributed by atoms with van der Waals surface area (Å²) < 4.78 is 8.02. The average Bonchev–Trinajstić information content (AvgIpc) is 3.19. The number of aromatic nitrogens is 2. The van der Waals surface area contributed by atoms with Gasteiger partial charge in [0, 0.05) is 5.56 Å². The van der Waals surface area contributed by atoms with Crippen LogP contribution >= 0.6 is 0 Å². The lowest BCUT2D eigenvalue weighted by Gasteiger charge is -2.24. The van der Waals surface area contributed by atoms with E-state index in [-0.39, 0.29) is 6.61 Å². The SMILES string of the molecule is OCc1cc(-c2ccc(OCc3ccccc3)cc2)n(C2CCCCC2)n1. The van der Waals surface area contributed by atoms with E-state index in [4.69, 9.17) is 4.74 Å². The second-order valence-electron chi connectivity index (χ2n) is 7.21. The van der Waals surface area contributed by atoms with Gasteiger partial charge in [0.2, 0.25) is 0 Å². The highest BCUT2D eigenvalue weighted by atomic mass is 16.5. The van der Waals surface area contributed by atoms with Crippen molar-refractivity contribution in [2.75, 3.05) is 0 Å². The van der Waals surface area contributed by atoms with Gasteiger partial charge in [-0.25, -0.2) is 0 Å². The van der Waals surface area contributed by atoms with Gasteiger partial charge in [0.15, 0.2) is 0 Å². The smallest absolute Gasteiger partial charge is 0.119 e. The van der Waals surface area contributed by atoms with Crippen molar-refractivity contribution >= 4 is 0 Å². The third-order valence-corrected chi connectivity index (χ3v) is 5.27. The molecule has 1 N–H and O–H groups in total. The highest BCUT2D eigenvalue weighted by molar-refractivity contribution is 5.61. The predicted molar refractivity (Wildman–Crippen MR) is 106 cm³/mol. The van der Waals surface area contributed by atoms with Gasteiger partial charge >= 0.3 is 0 Å². The van der Waals surface area contributed by atoms with Crippen molar-refractivity contribution in [1.29, 1.82) is 0 Å². The fraction of sp³-hybridized carbons (Fsp3) is 0.348. The van der Waals surface area contributed by atoms with E-state index in [1.165, 1.54) is 19.3 Å². The lowest BCUT2D eigenvalue weighted by atomic mass is 9.95. The van der Waals surface area contributed by atoms with Crippen molar-refractivity contribution in [3.63, 3.8) is 0 Å². The molecule has 0 radical (unpaired) electrons. The maximum atomic E-state index is 9.55. The lowest BCUT2D eigenvalue weighted by molar-refractivity contribution is 0.270. The minimum Gasteiger partial charge on any atom is -0.489 e. The summed E-state index contributed by atoms with van der Waals surface area (Å²) in [6.07, 6.45) is 6.15. The highest BCUT2D eigenvalue weighted by Gasteiger charge is 2.20. The van der Waals surface area contributed by atoms with Crippen LogP contribution in [0.2, 0.25) is 0 Å². The van der Waals surface area contributed by atoms with Gasteiger partial charge in [0.1, 0.15) is 12.4 Å². The van der Waals surface area contributed by atoms with E-state index in [1.54, 1.807) is 0 Å². The van der Waals surface area contributed by atoms with E-state index >= 15 is 0 Å². The molecule has 1 fully saturated rings. The van der Waals surface area contributed by atoms with Crippen molar-refractivity contribution in [3.05, 3.63) is 71.9 Å². The van der Waals surface area contributed by atoms with E-state index < -0.39 is 0 Å². The minimum atomic E-state index is -0.0228. The lowest BCUT2D eigenvalue weighted by Crippen LogP contribution is -2.15. The fourth-order valence-electron chi connectivity index (χ4n) is 3.80. The Balaban J connectivity index is 1.52. The van der Waals surface area contributed by atoms with Gasteiger partial charge in [-0.05, 0) is 48.7 Å². The number of aliphatic hydroxyl groups excluding tert-OH is 1. The molecule has 4 rings (SSSR count). The molecule has 4 heteroatoms. The van der Waals surface area contributed by atoms with Crippen LogP contribution in [-0.4, -0.2) is 14.9 Å². The number of rotatable bonds is 6. The zero-order chi connectivity index (χ0) is 18.5. The molecule has 27 heavy (non-hydrogen) atoms. The zero-order valence-corrected chi connectivity index (χ0v) is 15.6. The molecular weight excluding hydrogens is 336 g/mol. The van der Waals surface area contributed by atoms with E-state index in [0.29, 0.717) is 12.6 Å². The Labute approximate surface area is 160 Å². The Kier molecular flexibility index (Phi) is 5.54. The first-order valence-corrected chi connectivity index (χ1v) is 9.80. The molecule has 1 aromatic heterocycles. The molecule has 140 valence electrons. The van der Waals surface area contributed by atoms with Crippen LogP contribution in [0, 0.1) is 0 Å². The normalized spacial score (nSPS) is 15.0. The Hall–Kier alpha value is -2.59. The summed E-state index contributed by atoms with van der Waals surface area (Å²) in [6.45, 7) is 0.542. The molecule has 1 aliphatic carbocycles. The van der Waals surface area contributed by atoms with Crippen molar-refractivity contribution in [3.8, 4) is 17.0 Å². The maximum Gasteiger partial charge on any atom is 0.119 e. The zero-order valence-electron chi connectivity index (χ0n) is 15.6. The number of aliphatic hydroxyl groups is 1. The molecule has 0 aliphatic heterocycles. The Morgan fingerprint density at radius 3 is 2.41 bits per heavy atom. The molecule has 0 unspecified atom stereocenters. The molecule has 4 nitrogen and oxygen atoms in total. The third kappa shape index (κ3) is 4.22. The number of hydrogen-bond donors (Lipinski definition) is 1. The van der Waals surface area contributed by atoms with Crippen LogP contribution in [0.4, 0.5) is 0 Å². The van der Waals surface area contributed by atoms with Gasteiger partial charge in [-0.3, -0.25) is 4.68 Å². The van der Waals surface area contributed by atoms with Gasteiger partial charge in [-0.2, -0.15) is 5.10 Å². The van der Waals surface area contributed by atoms with Crippen LogP contribution < -0.4 is 4.74 Å². The number of nitrogens with zero attached hydrogens (tertiary/aromatic N) is 2. The van der Waals surface area contributed by atoms with Gasteiger partial charge < -0.3 is 9.84 Å². The molecule has 0 spiro atoms. The fourth-order valence-corrected chi connectivity index (χ4v) is 3.80. The van der Waals surface area contributed by atoms with E-state index in [2.05, 4.69) is 34.0 Å². The van der Waals surface area contributed by atoms with E-state index in [1.807, 2.05) is 36.4 Å². The second-order valence-corrected chi connectivity index (χ2v) is 7.21. The first-order chi connectivity index (χ1) is 13.3. The molecule has 3 aromatic rings. The summed E-state index contributed by atoms with van der Waals surface area (Å²) in [4.78, 5) is 0. The predicted octanol–water partition coefficient (Wildman–Crippen LogP) is 5.13. The largest absolute Gasteiger partial charge is 0.489 e. The van der Waals surface area contributed by atoms with Gasteiger partial charge in [0.05, 0.1) is 24.0 Å². The van der Waals surface area contributed by atoms with E-state index in [0.717, 1.165) is 41.1 Å². The van der Waals surface area contributed by atoms with Crippen molar-refractivity contribution < 1.29 is 9.84 Å². The Morgan fingerprint density at radius 1 is 0.963 bits per heavy atom. The monoisotopic (exact) mass is 362 g/mol. The van der Waals surface area contributed by atoms with Crippen LogP contribution in [0.15, 0.2) is 60.7 Å². The Bertz CT molecular complexity index is 850. The van der Waals surface area contributed by atoms with Crippen LogP contribution in [0.25, 0.3) is 11.3 Å². The Morgan fingerprint density at radius 2 is 1.70 bits per heavy atom. The molecule has 2 aromatic carbocycles. The first kappa shape index (κ1) is 17.8. The second kappa shape index (κ2) is 8.40. The number of benzene rings is 2. The summed E-state index contributed by atoms with van der Waals surface area (Å²) in [5, 5.41) is 14.2. The van der Waals surface area contributed by atoms with Crippen molar-refractivity contribution in [2.45, 2.75) is 51.4 Å². The van der Waals surface area contributed by atoms with Crippen molar-refractivity contribution in [2.24, 2.45) is 0 Å². The van der Waals surface area contributed by atoms with Crippen molar-refractivity contribution in [1.82, 2.24) is 9.78 Å².